The summed E-state index contributed by atoms with van der Waals surface area (Å²) in [5, 5.41) is 0. The molecule has 0 atom stereocenters. The lowest BCUT2D eigenvalue weighted by Gasteiger charge is -2.19. The van der Waals surface area contributed by atoms with Gasteiger partial charge < -0.3 is 19.3 Å². The van der Waals surface area contributed by atoms with Crippen molar-refractivity contribution < 1.29 is 9.47 Å². The minimum Gasteiger partial charge on any atom is -0.493 e. The van der Waals surface area contributed by atoms with Crippen molar-refractivity contribution in [2.24, 2.45) is 9.98 Å². The molecule has 2 fully saturated rings. The second kappa shape index (κ2) is 7.55. The van der Waals surface area contributed by atoms with Crippen LogP contribution >= 0.6 is 0 Å². The Morgan fingerprint density at radius 1 is 1.00 bits per heavy atom. The van der Waals surface area contributed by atoms with Crippen LogP contribution in [0.2, 0.25) is 0 Å². The highest BCUT2D eigenvalue weighted by Crippen LogP contribution is 2.31. The molecule has 2 saturated heterocycles. The molecule has 0 radical (unpaired) electrons. The van der Waals surface area contributed by atoms with Crippen LogP contribution in [-0.2, 0) is 0 Å². The number of nitrogens with zero attached hydrogens (tertiary/aromatic N) is 4. The molecule has 6 heteroatoms. The molecule has 3 rings (SSSR count). The standard InChI is InChI=1S/C18H26N4O2/c1-21-10-6-7-17(21)20-18(22-11-4-5-12-22)19-14-8-9-15(23-2)16(13-14)24-3/h8-9,13H,4-7,10-12H2,1-3H3. The second-order valence-electron chi connectivity index (χ2n) is 6.20. The third kappa shape index (κ3) is 3.63. The van der Waals surface area contributed by atoms with Gasteiger partial charge in [-0.3, -0.25) is 0 Å². The molecular weight excluding hydrogens is 304 g/mol. The predicted molar refractivity (Wildman–Crippen MR) is 96.7 cm³/mol. The molecule has 24 heavy (non-hydrogen) atoms. The van der Waals surface area contributed by atoms with Crippen molar-refractivity contribution in [3.8, 4) is 11.5 Å². The second-order valence-corrected chi connectivity index (χ2v) is 6.20. The van der Waals surface area contributed by atoms with Gasteiger partial charge in [-0.15, -0.1) is 0 Å². The molecule has 2 heterocycles. The summed E-state index contributed by atoms with van der Waals surface area (Å²) in [6.45, 7) is 3.11. The van der Waals surface area contributed by atoms with Gasteiger partial charge >= 0.3 is 0 Å². The molecule has 0 saturated carbocycles. The summed E-state index contributed by atoms with van der Waals surface area (Å²) in [4.78, 5) is 14.2. The smallest absolute Gasteiger partial charge is 0.227 e. The summed E-state index contributed by atoms with van der Waals surface area (Å²) in [6, 6.07) is 5.72. The van der Waals surface area contributed by atoms with E-state index in [0.717, 1.165) is 43.5 Å². The first-order valence-corrected chi connectivity index (χ1v) is 8.55. The number of benzene rings is 1. The lowest BCUT2D eigenvalue weighted by Crippen LogP contribution is -2.29. The highest BCUT2D eigenvalue weighted by molar-refractivity contribution is 5.97. The topological polar surface area (TPSA) is 49.7 Å². The molecule has 6 nitrogen and oxygen atoms in total. The molecule has 0 amide bonds. The van der Waals surface area contributed by atoms with Gasteiger partial charge in [0.1, 0.15) is 5.84 Å². The Morgan fingerprint density at radius 2 is 1.75 bits per heavy atom. The van der Waals surface area contributed by atoms with E-state index in [2.05, 4.69) is 16.8 Å². The van der Waals surface area contributed by atoms with Gasteiger partial charge in [-0.25, -0.2) is 4.99 Å². The van der Waals surface area contributed by atoms with Gasteiger partial charge in [0.05, 0.1) is 19.9 Å². The fraction of sp³-hybridized carbons (Fsp3) is 0.556. The van der Waals surface area contributed by atoms with Gasteiger partial charge in [0.2, 0.25) is 5.96 Å². The fourth-order valence-corrected chi connectivity index (χ4v) is 3.14. The summed E-state index contributed by atoms with van der Waals surface area (Å²) < 4.78 is 10.7. The van der Waals surface area contributed by atoms with E-state index < -0.39 is 0 Å². The number of guanidine groups is 1. The zero-order valence-electron chi connectivity index (χ0n) is 14.8. The van der Waals surface area contributed by atoms with Crippen LogP contribution in [-0.4, -0.2) is 62.5 Å². The van der Waals surface area contributed by atoms with Crippen LogP contribution in [0.4, 0.5) is 5.69 Å². The molecule has 0 N–H and O–H groups in total. The minimum atomic E-state index is 0.685. The van der Waals surface area contributed by atoms with E-state index in [1.54, 1.807) is 14.2 Å². The summed E-state index contributed by atoms with van der Waals surface area (Å²) in [5.41, 5.74) is 0.833. The number of hydrogen-bond donors (Lipinski definition) is 0. The number of aliphatic imine (C=N–C) groups is 2. The minimum absolute atomic E-state index is 0.685. The van der Waals surface area contributed by atoms with E-state index in [4.69, 9.17) is 19.5 Å². The van der Waals surface area contributed by atoms with Gasteiger partial charge in [-0.2, -0.15) is 4.99 Å². The first kappa shape index (κ1) is 16.6. The molecule has 0 unspecified atom stereocenters. The maximum Gasteiger partial charge on any atom is 0.227 e. The highest BCUT2D eigenvalue weighted by atomic mass is 16.5. The van der Waals surface area contributed by atoms with Gasteiger partial charge in [0.15, 0.2) is 11.5 Å². The van der Waals surface area contributed by atoms with Gasteiger partial charge in [-0.05, 0) is 31.4 Å². The maximum atomic E-state index is 5.38. The number of methoxy groups -OCH3 is 2. The Kier molecular flexibility index (Phi) is 5.23. The summed E-state index contributed by atoms with van der Waals surface area (Å²) in [5.74, 6) is 3.33. The molecule has 1 aromatic carbocycles. The van der Waals surface area contributed by atoms with Gasteiger partial charge in [0, 0.05) is 39.2 Å². The Hall–Kier alpha value is -2.24. The number of hydrogen-bond acceptors (Lipinski definition) is 3. The Morgan fingerprint density at radius 3 is 2.38 bits per heavy atom. The van der Waals surface area contributed by atoms with Crippen LogP contribution in [0, 0.1) is 0 Å². The largest absolute Gasteiger partial charge is 0.493 e. The molecule has 0 aliphatic carbocycles. The first-order valence-electron chi connectivity index (χ1n) is 8.55. The average Bonchev–Trinajstić information content (AvgIpc) is 3.26. The zero-order chi connectivity index (χ0) is 16.9. The Balaban J connectivity index is 1.94. The Labute approximate surface area is 143 Å². The summed E-state index contributed by atoms with van der Waals surface area (Å²) in [7, 11) is 5.38. The fourth-order valence-electron chi connectivity index (χ4n) is 3.14. The molecule has 0 spiro atoms. The van der Waals surface area contributed by atoms with E-state index in [1.807, 2.05) is 18.2 Å². The van der Waals surface area contributed by atoms with Crippen molar-refractivity contribution in [2.45, 2.75) is 25.7 Å². The third-order valence-corrected chi connectivity index (χ3v) is 4.55. The van der Waals surface area contributed by atoms with E-state index in [-0.39, 0.29) is 0 Å². The maximum absolute atomic E-state index is 5.38. The van der Waals surface area contributed by atoms with E-state index in [1.165, 1.54) is 19.3 Å². The highest BCUT2D eigenvalue weighted by Gasteiger charge is 2.20. The summed E-state index contributed by atoms with van der Waals surface area (Å²) >= 11 is 0. The van der Waals surface area contributed by atoms with Gasteiger partial charge in [0.25, 0.3) is 0 Å². The van der Waals surface area contributed by atoms with Crippen LogP contribution in [0.3, 0.4) is 0 Å². The van der Waals surface area contributed by atoms with Crippen LogP contribution < -0.4 is 9.47 Å². The van der Waals surface area contributed by atoms with Gasteiger partial charge in [-0.1, -0.05) is 0 Å². The van der Waals surface area contributed by atoms with Crippen LogP contribution in [0.25, 0.3) is 0 Å². The van der Waals surface area contributed by atoms with Crippen molar-refractivity contribution in [2.75, 3.05) is 40.9 Å². The number of ether oxygens (including phenoxy) is 2. The molecule has 2 aliphatic rings. The van der Waals surface area contributed by atoms with Crippen molar-refractivity contribution >= 4 is 17.5 Å². The molecule has 130 valence electrons. The SMILES string of the molecule is COc1ccc(N=C(N=C2CCCN2C)N2CCCC2)cc1OC. The first-order chi connectivity index (χ1) is 11.7. The quantitative estimate of drug-likeness (QED) is 0.632. The lowest BCUT2D eigenvalue weighted by atomic mass is 10.3. The number of rotatable bonds is 3. The molecule has 2 aliphatic heterocycles. The van der Waals surface area contributed by atoms with E-state index >= 15 is 0 Å². The van der Waals surface area contributed by atoms with Crippen LogP contribution in [0.1, 0.15) is 25.7 Å². The van der Waals surface area contributed by atoms with Crippen LogP contribution in [0.15, 0.2) is 28.2 Å². The molecular formula is C18H26N4O2. The van der Waals surface area contributed by atoms with E-state index in [0.29, 0.717) is 11.5 Å². The van der Waals surface area contributed by atoms with E-state index in [9.17, 15) is 0 Å². The third-order valence-electron chi connectivity index (χ3n) is 4.55. The lowest BCUT2D eigenvalue weighted by molar-refractivity contribution is 0.355. The molecule has 0 bridgehead atoms. The number of amidine groups is 1. The molecule has 1 aromatic rings. The van der Waals surface area contributed by atoms with Crippen molar-refractivity contribution in [1.29, 1.82) is 0 Å². The van der Waals surface area contributed by atoms with Crippen molar-refractivity contribution in [3.05, 3.63) is 18.2 Å². The normalized spacial score (nSPS) is 20.1. The Bertz CT molecular complexity index is 636. The van der Waals surface area contributed by atoms with Crippen molar-refractivity contribution in [1.82, 2.24) is 9.80 Å². The monoisotopic (exact) mass is 330 g/mol. The summed E-state index contributed by atoms with van der Waals surface area (Å²) in [6.07, 6.45) is 4.59. The molecule has 0 aromatic heterocycles. The number of likely N-dealkylation sites (tertiary alicyclic amines) is 2. The van der Waals surface area contributed by atoms with Crippen LogP contribution in [0.5, 0.6) is 11.5 Å². The predicted octanol–water partition coefficient (Wildman–Crippen LogP) is 2.91. The van der Waals surface area contributed by atoms with Crippen molar-refractivity contribution in [3.63, 3.8) is 0 Å². The zero-order valence-corrected chi connectivity index (χ0v) is 14.8. The average molecular weight is 330 g/mol.